The summed E-state index contributed by atoms with van der Waals surface area (Å²) in [4.78, 5) is 8.14. The van der Waals surface area contributed by atoms with E-state index in [9.17, 15) is 5.11 Å². The highest BCUT2D eigenvalue weighted by Crippen LogP contribution is 2.45. The van der Waals surface area contributed by atoms with Crippen LogP contribution in [-0.4, -0.2) is 23.2 Å². The first kappa shape index (κ1) is 15.8. The van der Waals surface area contributed by atoms with Crippen molar-refractivity contribution in [3.05, 3.63) is 10.6 Å². The number of thiazole rings is 1. The van der Waals surface area contributed by atoms with Crippen LogP contribution < -0.4 is 4.90 Å². The Balaban J connectivity index is 2.29. The van der Waals surface area contributed by atoms with Crippen LogP contribution in [0.15, 0.2) is 0 Å². The highest BCUT2D eigenvalue weighted by atomic mass is 32.1. The molecule has 3 nitrogen and oxygen atoms in total. The van der Waals surface area contributed by atoms with Gasteiger partial charge in [-0.3, -0.25) is 0 Å². The first-order chi connectivity index (χ1) is 9.01. The standard InChI is InChI=1S/C16H28N2OS/c1-10(15(2,3)4)18(7)14-17-11-8-16(5,6)9-12(19)13(11)20-14/h10,12,19H,8-9H2,1-7H3. The van der Waals surface area contributed by atoms with Crippen LogP contribution in [0.4, 0.5) is 5.13 Å². The fraction of sp³-hybridized carbons (Fsp3) is 0.812. The van der Waals surface area contributed by atoms with Gasteiger partial charge in [0.2, 0.25) is 0 Å². The molecule has 0 aromatic carbocycles. The smallest absolute Gasteiger partial charge is 0.185 e. The average molecular weight is 296 g/mol. The molecule has 0 amide bonds. The Labute approximate surface area is 127 Å². The zero-order valence-corrected chi connectivity index (χ0v) is 14.6. The van der Waals surface area contributed by atoms with Gasteiger partial charge in [0.15, 0.2) is 5.13 Å². The van der Waals surface area contributed by atoms with E-state index < -0.39 is 0 Å². The maximum absolute atomic E-state index is 10.3. The number of nitrogens with zero attached hydrogens (tertiary/aromatic N) is 2. The first-order valence-corrected chi connectivity index (χ1v) is 8.23. The first-order valence-electron chi connectivity index (χ1n) is 7.42. The van der Waals surface area contributed by atoms with E-state index in [2.05, 4.69) is 53.5 Å². The molecule has 4 heteroatoms. The monoisotopic (exact) mass is 296 g/mol. The highest BCUT2D eigenvalue weighted by Gasteiger charge is 2.35. The third kappa shape index (κ3) is 3.01. The third-order valence-corrected chi connectivity index (χ3v) is 5.84. The lowest BCUT2D eigenvalue weighted by Gasteiger charge is -2.35. The molecule has 1 aliphatic carbocycles. The van der Waals surface area contributed by atoms with Gasteiger partial charge < -0.3 is 10.0 Å². The summed E-state index contributed by atoms with van der Waals surface area (Å²) in [5, 5.41) is 11.4. The minimum absolute atomic E-state index is 0.145. The molecule has 0 radical (unpaired) electrons. The molecule has 0 saturated heterocycles. The van der Waals surface area contributed by atoms with Gasteiger partial charge in [-0.1, -0.05) is 46.0 Å². The number of anilines is 1. The summed E-state index contributed by atoms with van der Waals surface area (Å²) in [7, 11) is 2.11. The molecular weight excluding hydrogens is 268 g/mol. The zero-order chi connectivity index (χ0) is 15.3. The van der Waals surface area contributed by atoms with Gasteiger partial charge in [0.1, 0.15) is 0 Å². The molecule has 0 fully saturated rings. The lowest BCUT2D eigenvalue weighted by atomic mass is 9.77. The van der Waals surface area contributed by atoms with E-state index in [0.717, 1.165) is 28.5 Å². The molecule has 1 N–H and O–H groups in total. The maximum atomic E-state index is 10.3. The summed E-state index contributed by atoms with van der Waals surface area (Å²) < 4.78 is 0. The normalized spacial score (nSPS) is 23.3. The molecule has 0 saturated carbocycles. The van der Waals surface area contributed by atoms with Gasteiger partial charge in [-0.15, -0.1) is 0 Å². The molecule has 1 aromatic rings. The molecule has 2 atom stereocenters. The zero-order valence-electron chi connectivity index (χ0n) is 13.8. The van der Waals surface area contributed by atoms with E-state index in [4.69, 9.17) is 4.98 Å². The van der Waals surface area contributed by atoms with E-state index in [1.807, 2.05) is 0 Å². The maximum Gasteiger partial charge on any atom is 0.185 e. The number of hydrogen-bond donors (Lipinski definition) is 1. The van der Waals surface area contributed by atoms with Gasteiger partial charge in [0.05, 0.1) is 16.7 Å². The molecule has 1 heterocycles. The molecule has 0 spiro atoms. The molecule has 0 aliphatic heterocycles. The van der Waals surface area contributed by atoms with Crippen molar-refractivity contribution in [3.63, 3.8) is 0 Å². The largest absolute Gasteiger partial charge is 0.387 e. The predicted octanol–water partition coefficient (Wildman–Crippen LogP) is 4.02. The Bertz CT molecular complexity index is 487. The number of aromatic nitrogens is 1. The number of fused-ring (bicyclic) bond motifs is 1. The molecular formula is C16H28N2OS. The Morgan fingerprint density at radius 2 is 2.00 bits per heavy atom. The molecule has 2 unspecified atom stereocenters. The van der Waals surface area contributed by atoms with Crippen LogP contribution in [0.25, 0.3) is 0 Å². The van der Waals surface area contributed by atoms with Gasteiger partial charge in [-0.25, -0.2) is 4.98 Å². The van der Waals surface area contributed by atoms with Crippen molar-refractivity contribution in [2.24, 2.45) is 10.8 Å². The van der Waals surface area contributed by atoms with E-state index in [0.29, 0.717) is 6.04 Å². The van der Waals surface area contributed by atoms with Gasteiger partial charge in [-0.05, 0) is 30.6 Å². The molecule has 20 heavy (non-hydrogen) atoms. The molecule has 2 rings (SSSR count). The van der Waals surface area contributed by atoms with Gasteiger partial charge in [-0.2, -0.15) is 0 Å². The lowest BCUT2D eigenvalue weighted by Crippen LogP contribution is -2.39. The molecule has 1 aliphatic rings. The SMILES string of the molecule is CC(N(C)c1nc2c(s1)C(O)CC(C)(C)C2)C(C)(C)C. The van der Waals surface area contributed by atoms with E-state index in [-0.39, 0.29) is 16.9 Å². The molecule has 1 aromatic heterocycles. The second-order valence-electron chi connectivity index (χ2n) is 8.02. The lowest BCUT2D eigenvalue weighted by molar-refractivity contribution is 0.102. The summed E-state index contributed by atoms with van der Waals surface area (Å²) in [6.07, 6.45) is 1.45. The molecule has 114 valence electrons. The third-order valence-electron chi connectivity index (χ3n) is 4.55. The van der Waals surface area contributed by atoms with E-state index >= 15 is 0 Å². The topological polar surface area (TPSA) is 36.4 Å². The minimum Gasteiger partial charge on any atom is -0.387 e. The van der Waals surface area contributed by atoms with Crippen LogP contribution >= 0.6 is 11.3 Å². The number of aliphatic hydroxyl groups excluding tert-OH is 1. The molecule has 0 bridgehead atoms. The number of aliphatic hydroxyl groups is 1. The average Bonchev–Trinajstić information content (AvgIpc) is 2.68. The van der Waals surface area contributed by atoms with Crippen molar-refractivity contribution in [3.8, 4) is 0 Å². The summed E-state index contributed by atoms with van der Waals surface area (Å²) in [6.45, 7) is 13.4. The Kier molecular flexibility index (Phi) is 3.93. The predicted molar refractivity (Wildman–Crippen MR) is 86.5 cm³/mol. The van der Waals surface area contributed by atoms with Crippen molar-refractivity contribution in [1.82, 2.24) is 4.98 Å². The van der Waals surface area contributed by atoms with Crippen LogP contribution in [0.5, 0.6) is 0 Å². The van der Waals surface area contributed by atoms with Crippen LogP contribution in [0.2, 0.25) is 0 Å². The fourth-order valence-corrected chi connectivity index (χ4v) is 3.89. The summed E-state index contributed by atoms with van der Waals surface area (Å²) in [5.41, 5.74) is 1.45. The summed E-state index contributed by atoms with van der Waals surface area (Å²) in [6, 6.07) is 0.403. The Morgan fingerprint density at radius 3 is 2.55 bits per heavy atom. The van der Waals surface area contributed by atoms with Gasteiger partial charge in [0, 0.05) is 13.1 Å². The van der Waals surface area contributed by atoms with Crippen molar-refractivity contribution in [2.45, 2.75) is 66.5 Å². The van der Waals surface area contributed by atoms with Crippen molar-refractivity contribution in [1.29, 1.82) is 0 Å². The second kappa shape index (κ2) is 4.99. The van der Waals surface area contributed by atoms with Gasteiger partial charge >= 0.3 is 0 Å². The van der Waals surface area contributed by atoms with E-state index in [1.165, 1.54) is 0 Å². The summed E-state index contributed by atoms with van der Waals surface area (Å²) in [5.74, 6) is 0. The van der Waals surface area contributed by atoms with Gasteiger partial charge in [0.25, 0.3) is 0 Å². The van der Waals surface area contributed by atoms with Crippen LogP contribution in [0.3, 0.4) is 0 Å². The van der Waals surface area contributed by atoms with Crippen molar-refractivity contribution in [2.75, 3.05) is 11.9 Å². The van der Waals surface area contributed by atoms with Crippen LogP contribution in [-0.2, 0) is 6.42 Å². The van der Waals surface area contributed by atoms with Crippen molar-refractivity contribution >= 4 is 16.5 Å². The Morgan fingerprint density at radius 1 is 1.40 bits per heavy atom. The minimum atomic E-state index is -0.349. The highest BCUT2D eigenvalue weighted by molar-refractivity contribution is 7.15. The Hall–Kier alpha value is -0.610. The number of hydrogen-bond acceptors (Lipinski definition) is 4. The quantitative estimate of drug-likeness (QED) is 0.895. The van der Waals surface area contributed by atoms with Crippen LogP contribution in [0, 0.1) is 10.8 Å². The second-order valence-corrected chi connectivity index (χ2v) is 9.03. The van der Waals surface area contributed by atoms with E-state index in [1.54, 1.807) is 11.3 Å². The summed E-state index contributed by atoms with van der Waals surface area (Å²) >= 11 is 1.66. The van der Waals surface area contributed by atoms with Crippen LogP contribution in [0.1, 0.15) is 64.6 Å². The fourth-order valence-electron chi connectivity index (χ4n) is 2.78. The number of rotatable bonds is 2. The van der Waals surface area contributed by atoms with Crippen molar-refractivity contribution < 1.29 is 5.11 Å².